The van der Waals surface area contributed by atoms with E-state index in [1.54, 1.807) is 22.8 Å². The Morgan fingerprint density at radius 1 is 1.10 bits per heavy atom. The van der Waals surface area contributed by atoms with Crippen LogP contribution in [0.15, 0.2) is 54.9 Å². The van der Waals surface area contributed by atoms with Gasteiger partial charge in [0.1, 0.15) is 5.56 Å². The Bertz CT molecular complexity index is 1030. The van der Waals surface area contributed by atoms with Crippen molar-refractivity contribution >= 4 is 11.9 Å². The summed E-state index contributed by atoms with van der Waals surface area (Å²) in [5.41, 5.74) is 3.31. The van der Waals surface area contributed by atoms with E-state index in [-0.39, 0.29) is 18.4 Å². The van der Waals surface area contributed by atoms with Crippen LogP contribution >= 0.6 is 0 Å². The Morgan fingerprint density at radius 3 is 2.42 bits per heavy atom. The van der Waals surface area contributed by atoms with Crippen LogP contribution in [0.2, 0.25) is 0 Å². The fourth-order valence-corrected chi connectivity index (χ4v) is 3.29. The first-order valence-corrected chi connectivity index (χ1v) is 10.4. The zero-order chi connectivity index (χ0) is 22.4. The number of rotatable bonds is 8. The van der Waals surface area contributed by atoms with Crippen LogP contribution in [0.25, 0.3) is 5.82 Å². The number of likely N-dealkylation sites (N-methyl/N-ethyl adjacent to an activating group) is 1. The highest BCUT2D eigenvalue weighted by Gasteiger charge is 2.23. The second-order valence-corrected chi connectivity index (χ2v) is 7.69. The highest BCUT2D eigenvalue weighted by atomic mass is 16.5. The third-order valence-corrected chi connectivity index (χ3v) is 5.04. The van der Waals surface area contributed by atoms with Gasteiger partial charge < -0.3 is 9.64 Å². The van der Waals surface area contributed by atoms with Crippen molar-refractivity contribution in [3.05, 3.63) is 77.2 Å². The van der Waals surface area contributed by atoms with Crippen LogP contribution in [0, 0.1) is 0 Å². The van der Waals surface area contributed by atoms with Crippen molar-refractivity contribution < 1.29 is 14.3 Å². The quantitative estimate of drug-likeness (QED) is 0.519. The maximum Gasteiger partial charge on any atom is 0.342 e. The Balaban J connectivity index is 1.64. The SMILES string of the molecule is CCc1ccc(CN(C)C(=O)COC(=O)c2cnn(-c3ccccn3)c2C(C)C)cc1. The number of aryl methyl sites for hydroxylation is 1. The number of esters is 1. The van der Waals surface area contributed by atoms with E-state index in [4.69, 9.17) is 4.74 Å². The van der Waals surface area contributed by atoms with Crippen LogP contribution in [0.3, 0.4) is 0 Å². The molecular formula is C24H28N4O3. The summed E-state index contributed by atoms with van der Waals surface area (Å²) in [6.07, 6.45) is 4.11. The summed E-state index contributed by atoms with van der Waals surface area (Å²) in [5.74, 6) is -0.206. The number of pyridine rings is 1. The molecule has 1 amide bonds. The van der Waals surface area contributed by atoms with E-state index in [1.807, 2.05) is 44.2 Å². The molecule has 31 heavy (non-hydrogen) atoms. The van der Waals surface area contributed by atoms with E-state index < -0.39 is 5.97 Å². The first kappa shape index (κ1) is 22.2. The minimum Gasteiger partial charge on any atom is -0.452 e. The first-order chi connectivity index (χ1) is 14.9. The smallest absolute Gasteiger partial charge is 0.342 e. The number of aromatic nitrogens is 3. The number of amides is 1. The number of carbonyl (C=O) groups is 2. The highest BCUT2D eigenvalue weighted by Crippen LogP contribution is 2.23. The van der Waals surface area contributed by atoms with Gasteiger partial charge in [0.15, 0.2) is 12.4 Å². The summed E-state index contributed by atoms with van der Waals surface area (Å²) in [5, 5.41) is 4.32. The van der Waals surface area contributed by atoms with Gasteiger partial charge in [0.25, 0.3) is 5.91 Å². The minimum absolute atomic E-state index is 0.0107. The highest BCUT2D eigenvalue weighted by molar-refractivity contribution is 5.92. The van der Waals surface area contributed by atoms with Gasteiger partial charge in [-0.1, -0.05) is 51.1 Å². The lowest BCUT2D eigenvalue weighted by Gasteiger charge is -2.17. The van der Waals surface area contributed by atoms with Crippen molar-refractivity contribution in [3.63, 3.8) is 0 Å². The van der Waals surface area contributed by atoms with E-state index in [1.165, 1.54) is 11.8 Å². The van der Waals surface area contributed by atoms with Crippen molar-refractivity contribution in [3.8, 4) is 5.82 Å². The molecule has 0 aliphatic carbocycles. The van der Waals surface area contributed by atoms with Crippen molar-refractivity contribution in [2.45, 2.75) is 39.7 Å². The monoisotopic (exact) mass is 420 g/mol. The lowest BCUT2D eigenvalue weighted by atomic mass is 10.1. The molecule has 0 bridgehead atoms. The van der Waals surface area contributed by atoms with Gasteiger partial charge in [-0.25, -0.2) is 14.5 Å². The molecule has 0 unspecified atom stereocenters. The Hall–Kier alpha value is -3.48. The average molecular weight is 421 g/mol. The third kappa shape index (κ3) is 5.36. The summed E-state index contributed by atoms with van der Waals surface area (Å²) < 4.78 is 6.96. The number of nitrogens with zero attached hydrogens (tertiary/aromatic N) is 4. The van der Waals surface area contributed by atoms with Gasteiger partial charge in [0.2, 0.25) is 0 Å². The van der Waals surface area contributed by atoms with Crippen LogP contribution in [0.4, 0.5) is 0 Å². The summed E-state index contributed by atoms with van der Waals surface area (Å²) in [6, 6.07) is 13.6. The molecule has 7 nitrogen and oxygen atoms in total. The molecule has 0 saturated carbocycles. The maximum atomic E-state index is 12.7. The zero-order valence-corrected chi connectivity index (χ0v) is 18.4. The number of hydrogen-bond donors (Lipinski definition) is 0. The van der Waals surface area contributed by atoms with E-state index in [2.05, 4.69) is 29.1 Å². The molecule has 0 fully saturated rings. The first-order valence-electron chi connectivity index (χ1n) is 10.4. The van der Waals surface area contributed by atoms with Gasteiger partial charge in [0.05, 0.1) is 11.9 Å². The van der Waals surface area contributed by atoms with Gasteiger partial charge >= 0.3 is 5.97 Å². The predicted octanol–water partition coefficient (Wildman–Crippen LogP) is 3.77. The summed E-state index contributed by atoms with van der Waals surface area (Å²) in [4.78, 5) is 31.0. The third-order valence-electron chi connectivity index (χ3n) is 5.04. The molecule has 0 N–H and O–H groups in total. The fraction of sp³-hybridized carbons (Fsp3) is 0.333. The van der Waals surface area contributed by atoms with Crippen LogP contribution in [0.5, 0.6) is 0 Å². The molecule has 0 spiro atoms. The molecule has 2 heterocycles. The number of carbonyl (C=O) groups excluding carboxylic acids is 2. The maximum absolute atomic E-state index is 12.7. The van der Waals surface area contributed by atoms with Gasteiger partial charge in [-0.15, -0.1) is 0 Å². The van der Waals surface area contributed by atoms with Crippen molar-refractivity contribution in [2.75, 3.05) is 13.7 Å². The Kier molecular flexibility index (Phi) is 7.18. The lowest BCUT2D eigenvalue weighted by molar-refractivity contribution is -0.133. The number of hydrogen-bond acceptors (Lipinski definition) is 5. The molecule has 0 radical (unpaired) electrons. The topological polar surface area (TPSA) is 77.3 Å². The van der Waals surface area contributed by atoms with Crippen LogP contribution in [-0.2, 0) is 22.5 Å². The standard InChI is InChI=1S/C24H28N4O3/c1-5-18-9-11-19(12-10-18)15-27(4)22(29)16-31-24(30)20-14-26-28(23(20)17(2)3)21-8-6-7-13-25-21/h6-14,17H,5,15-16H2,1-4H3. The van der Waals surface area contributed by atoms with E-state index in [9.17, 15) is 9.59 Å². The molecule has 1 aromatic carbocycles. The molecule has 0 saturated heterocycles. The number of benzene rings is 1. The molecule has 2 aromatic heterocycles. The molecular weight excluding hydrogens is 392 g/mol. The van der Waals surface area contributed by atoms with E-state index >= 15 is 0 Å². The Labute approximate surface area is 182 Å². The van der Waals surface area contributed by atoms with Crippen LogP contribution in [-0.4, -0.2) is 45.2 Å². The van der Waals surface area contributed by atoms with Gasteiger partial charge in [0, 0.05) is 19.8 Å². The molecule has 0 atom stereocenters. The largest absolute Gasteiger partial charge is 0.452 e. The van der Waals surface area contributed by atoms with Crippen LogP contribution < -0.4 is 0 Å². The molecule has 0 aliphatic rings. The molecule has 0 aliphatic heterocycles. The van der Waals surface area contributed by atoms with Crippen molar-refractivity contribution in [1.29, 1.82) is 0 Å². The fourth-order valence-electron chi connectivity index (χ4n) is 3.29. The summed E-state index contributed by atoms with van der Waals surface area (Å²) >= 11 is 0. The van der Waals surface area contributed by atoms with E-state index in [0.717, 1.165) is 12.0 Å². The lowest BCUT2D eigenvalue weighted by Crippen LogP contribution is -2.31. The minimum atomic E-state index is -0.570. The van der Waals surface area contributed by atoms with Crippen molar-refractivity contribution in [2.24, 2.45) is 0 Å². The van der Waals surface area contributed by atoms with E-state index in [0.29, 0.717) is 23.6 Å². The molecule has 3 aromatic rings. The molecule has 162 valence electrons. The second kappa shape index (κ2) is 10.0. The summed E-state index contributed by atoms with van der Waals surface area (Å²) in [7, 11) is 1.70. The van der Waals surface area contributed by atoms with Crippen LogP contribution in [0.1, 0.15) is 53.9 Å². The van der Waals surface area contributed by atoms with Crippen molar-refractivity contribution in [1.82, 2.24) is 19.7 Å². The van der Waals surface area contributed by atoms with Gasteiger partial charge in [-0.05, 0) is 35.6 Å². The predicted molar refractivity (Wildman–Crippen MR) is 118 cm³/mol. The normalized spacial score (nSPS) is 10.9. The zero-order valence-electron chi connectivity index (χ0n) is 18.4. The second-order valence-electron chi connectivity index (χ2n) is 7.69. The summed E-state index contributed by atoms with van der Waals surface area (Å²) in [6.45, 7) is 6.17. The van der Waals surface area contributed by atoms with Gasteiger partial charge in [-0.2, -0.15) is 5.10 Å². The average Bonchev–Trinajstić information content (AvgIpc) is 3.24. The van der Waals surface area contributed by atoms with Gasteiger partial charge in [-0.3, -0.25) is 4.79 Å². The molecule has 7 heteroatoms. The molecule has 3 rings (SSSR count). The number of ether oxygens (including phenoxy) is 1. The Morgan fingerprint density at radius 2 is 1.81 bits per heavy atom.